The van der Waals surface area contributed by atoms with E-state index in [1.54, 1.807) is 0 Å². The highest BCUT2D eigenvalue weighted by molar-refractivity contribution is 5.72. The van der Waals surface area contributed by atoms with Gasteiger partial charge in [0, 0.05) is 5.56 Å². The van der Waals surface area contributed by atoms with Gasteiger partial charge in [-0.25, -0.2) is 23.1 Å². The molecule has 0 spiro atoms. The number of benzene rings is 1. The molecule has 2 aliphatic carbocycles. The van der Waals surface area contributed by atoms with Gasteiger partial charge in [-0.3, -0.25) is 0 Å². The molecule has 0 saturated carbocycles. The second-order valence-electron chi connectivity index (χ2n) is 6.44. The molecule has 0 saturated heterocycles. The number of halogens is 1. The molecule has 0 aliphatic heterocycles. The summed E-state index contributed by atoms with van der Waals surface area (Å²) in [5, 5.41) is 0. The smallest absolute Gasteiger partial charge is 0.222 e. The Labute approximate surface area is 149 Å². The summed E-state index contributed by atoms with van der Waals surface area (Å²) in [6, 6.07) is 10.9. The van der Waals surface area contributed by atoms with Gasteiger partial charge in [0.1, 0.15) is 0 Å². The number of hydrogen-bond donors (Lipinski definition) is 0. The first-order valence-electron chi connectivity index (χ1n) is 8.60. The van der Waals surface area contributed by atoms with E-state index in [2.05, 4.69) is 30.3 Å². The molecule has 2 aliphatic rings. The lowest BCUT2D eigenvalue weighted by molar-refractivity contribution is -2.00. The molecule has 5 nitrogen and oxygen atoms in total. The van der Waals surface area contributed by atoms with Crippen LogP contribution in [0.2, 0.25) is 0 Å². The first kappa shape index (κ1) is 18.3. The monoisotopic (exact) mass is 364 g/mol. The maximum Gasteiger partial charge on any atom is 0.333 e. The van der Waals surface area contributed by atoms with Crippen molar-refractivity contribution < 1.29 is 33.3 Å². The summed E-state index contributed by atoms with van der Waals surface area (Å²) in [6.07, 6.45) is 9.81. The molecule has 1 heterocycles. The van der Waals surface area contributed by atoms with Crippen molar-refractivity contribution in [3.8, 4) is 11.1 Å². The molecular weight excluding hydrogens is 344 g/mol. The van der Waals surface area contributed by atoms with Gasteiger partial charge >= 0.3 is 11.5 Å². The minimum atomic E-state index is -4.94. The van der Waals surface area contributed by atoms with Gasteiger partial charge in [-0.1, -0.05) is 30.3 Å². The quantitative estimate of drug-likeness (QED) is 0.674. The summed E-state index contributed by atoms with van der Waals surface area (Å²) < 4.78 is 40.3. The van der Waals surface area contributed by atoms with E-state index in [-0.39, 0.29) is 0 Å². The normalized spacial score (nSPS) is 16.3. The lowest BCUT2D eigenvalue weighted by Crippen LogP contribution is -2.68. The molecule has 0 unspecified atom stereocenters. The van der Waals surface area contributed by atoms with Crippen molar-refractivity contribution in [2.45, 2.75) is 51.4 Å². The third-order valence-corrected chi connectivity index (χ3v) is 4.75. The predicted molar refractivity (Wildman–Crippen MR) is 81.8 cm³/mol. The molecule has 0 atom stereocenters. The Morgan fingerprint density at radius 3 is 1.60 bits per heavy atom. The third kappa shape index (κ3) is 4.77. The van der Waals surface area contributed by atoms with Gasteiger partial charge in [-0.2, -0.15) is 0 Å². The van der Waals surface area contributed by atoms with Crippen LogP contribution >= 0.6 is 0 Å². The molecule has 6 heteroatoms. The minimum absolute atomic E-state index is 1.13. The maximum atomic E-state index is 8.49. The highest BCUT2D eigenvalue weighted by Gasteiger charge is 2.32. The van der Waals surface area contributed by atoms with Crippen molar-refractivity contribution in [1.29, 1.82) is 0 Å². The summed E-state index contributed by atoms with van der Waals surface area (Å²) in [7, 11) is -4.94. The number of hydrogen-bond acceptors (Lipinski definition) is 4. The van der Waals surface area contributed by atoms with Crippen LogP contribution in [0.3, 0.4) is 0 Å². The molecule has 1 aromatic heterocycles. The minimum Gasteiger partial charge on any atom is -0.222 e. The van der Waals surface area contributed by atoms with Crippen molar-refractivity contribution in [1.82, 2.24) is 0 Å². The fraction of sp³-hybridized carbons (Fsp3) is 0.421. The molecular formula is C19H21ClO5. The van der Waals surface area contributed by atoms with E-state index in [4.69, 9.17) is 23.1 Å². The summed E-state index contributed by atoms with van der Waals surface area (Å²) in [5.74, 6) is 2.55. The Morgan fingerprint density at radius 2 is 1.12 bits per heavy atom. The second kappa shape index (κ2) is 7.81. The average molecular weight is 365 g/mol. The van der Waals surface area contributed by atoms with Gasteiger partial charge in [0.25, 0.3) is 0 Å². The van der Waals surface area contributed by atoms with Crippen molar-refractivity contribution in [3.63, 3.8) is 0 Å². The van der Waals surface area contributed by atoms with Gasteiger partial charge in [0.2, 0.25) is 0 Å². The highest BCUT2D eigenvalue weighted by Crippen LogP contribution is 2.39. The Morgan fingerprint density at radius 1 is 0.680 bits per heavy atom. The molecule has 2 aromatic rings. The first-order valence-corrected chi connectivity index (χ1v) is 9.83. The lowest BCUT2D eigenvalue weighted by Gasteiger charge is -2.19. The zero-order valence-electron chi connectivity index (χ0n) is 14.0. The van der Waals surface area contributed by atoms with Gasteiger partial charge in [0.05, 0.1) is 24.0 Å². The number of rotatable bonds is 1. The van der Waals surface area contributed by atoms with E-state index >= 15 is 0 Å². The van der Waals surface area contributed by atoms with Crippen LogP contribution in [0.4, 0.5) is 0 Å². The molecule has 0 bridgehead atoms. The Hall–Kier alpha value is -1.50. The Bertz CT molecular complexity index is 685. The topological polar surface area (TPSA) is 104 Å². The van der Waals surface area contributed by atoms with Gasteiger partial charge in [-0.05, 0) is 44.1 Å². The van der Waals surface area contributed by atoms with Crippen LogP contribution in [-0.4, -0.2) is 0 Å². The lowest BCUT2D eigenvalue weighted by atomic mass is 9.83. The summed E-state index contributed by atoms with van der Waals surface area (Å²) in [5.41, 5.74) is 5.91. The number of aryl methyl sites for hydroxylation is 2. The molecule has 25 heavy (non-hydrogen) atoms. The van der Waals surface area contributed by atoms with Gasteiger partial charge < -0.3 is 0 Å². The van der Waals surface area contributed by atoms with Crippen molar-refractivity contribution >= 4 is 0 Å². The average Bonchev–Trinajstić information content (AvgIpc) is 2.59. The molecule has 1 aromatic carbocycles. The van der Waals surface area contributed by atoms with Crippen LogP contribution in [0.5, 0.6) is 0 Å². The summed E-state index contributed by atoms with van der Waals surface area (Å²) >= 11 is 0. The van der Waals surface area contributed by atoms with E-state index in [9.17, 15) is 0 Å². The van der Waals surface area contributed by atoms with Crippen molar-refractivity contribution in [3.05, 3.63) is 53.0 Å². The van der Waals surface area contributed by atoms with Crippen molar-refractivity contribution in [2.24, 2.45) is 0 Å². The standard InChI is InChI=1S/C19H21O.ClHO4/c1-2-8-14(9-3-1)19-15-10-4-6-12-17(15)20-18-13-7-5-11-16(18)19;2-1(3,4)5/h1-3,8-9H,4-7,10-13H2;(H,2,3,4,5)/q+1;/p-1. The number of fused-ring (bicyclic) bond motifs is 2. The van der Waals surface area contributed by atoms with Crippen LogP contribution in [0.1, 0.15) is 48.3 Å². The molecule has 4 rings (SSSR count). The fourth-order valence-electron chi connectivity index (χ4n) is 3.79. The Balaban J connectivity index is 0.000000324. The zero-order chi connectivity index (χ0) is 17.9. The molecule has 0 fully saturated rings. The van der Waals surface area contributed by atoms with E-state index in [0.29, 0.717) is 0 Å². The summed E-state index contributed by atoms with van der Waals surface area (Å²) in [4.78, 5) is 0. The first-order chi connectivity index (χ1) is 11.9. The fourth-order valence-corrected chi connectivity index (χ4v) is 3.79. The Kier molecular flexibility index (Phi) is 5.71. The van der Waals surface area contributed by atoms with Gasteiger partial charge in [0.15, 0.2) is 0 Å². The molecule has 134 valence electrons. The second-order valence-corrected chi connectivity index (χ2v) is 7.19. The SMILES string of the molecule is [O-][Cl+3]([O-])([O-])[O-].c1ccc(-c2c3c([o+]c4c2CCCC4)CCCC3)cc1. The molecule has 0 amide bonds. The van der Waals surface area contributed by atoms with Crippen molar-refractivity contribution in [2.75, 3.05) is 0 Å². The largest absolute Gasteiger partial charge is 0.333 e. The maximum absolute atomic E-state index is 8.49. The van der Waals surface area contributed by atoms with E-state index in [0.717, 1.165) is 12.8 Å². The van der Waals surface area contributed by atoms with Crippen LogP contribution < -0.4 is 18.6 Å². The molecule has 0 radical (unpaired) electrons. The molecule has 0 N–H and O–H groups in total. The predicted octanol–water partition coefficient (Wildman–Crippen LogP) is 0.229. The highest BCUT2D eigenvalue weighted by atomic mass is 35.7. The zero-order valence-corrected chi connectivity index (χ0v) is 14.7. The van der Waals surface area contributed by atoms with Crippen LogP contribution in [0.25, 0.3) is 11.1 Å². The van der Waals surface area contributed by atoms with E-state index < -0.39 is 10.2 Å². The van der Waals surface area contributed by atoms with Crippen LogP contribution in [-0.2, 0) is 25.7 Å². The van der Waals surface area contributed by atoms with E-state index in [1.165, 1.54) is 72.3 Å². The van der Waals surface area contributed by atoms with E-state index in [1.807, 2.05) is 0 Å². The van der Waals surface area contributed by atoms with Crippen LogP contribution in [0, 0.1) is 10.2 Å². The third-order valence-electron chi connectivity index (χ3n) is 4.75. The summed E-state index contributed by atoms with van der Waals surface area (Å²) in [6.45, 7) is 0. The van der Waals surface area contributed by atoms with Gasteiger partial charge in [-0.15, -0.1) is 10.2 Å². The van der Waals surface area contributed by atoms with Crippen LogP contribution in [0.15, 0.2) is 34.7 Å².